The van der Waals surface area contributed by atoms with Crippen LogP contribution in [0.2, 0.25) is 0 Å². The zero-order chi connectivity index (χ0) is 13.8. The molecule has 0 atom stereocenters. The standard InChI is InChI=1S/C13H19N3O2/c1-9(14)10-5-6-11(15-7-10)8-16-12(17)18-13(2,3)4/h5-7H,1,8,14H2,2-4H3,(H,16,17). The van der Waals surface area contributed by atoms with Gasteiger partial charge in [0.1, 0.15) is 5.60 Å². The molecule has 1 aromatic rings. The van der Waals surface area contributed by atoms with Crippen molar-refractivity contribution in [2.75, 3.05) is 0 Å². The molecule has 0 unspecified atom stereocenters. The Balaban J connectivity index is 2.49. The van der Waals surface area contributed by atoms with Crippen molar-refractivity contribution in [3.8, 4) is 0 Å². The molecule has 0 aliphatic heterocycles. The molecule has 0 saturated carbocycles. The van der Waals surface area contributed by atoms with Crippen molar-refractivity contribution in [2.45, 2.75) is 32.9 Å². The summed E-state index contributed by atoms with van der Waals surface area (Å²) in [6, 6.07) is 3.59. The summed E-state index contributed by atoms with van der Waals surface area (Å²) in [4.78, 5) is 15.6. The van der Waals surface area contributed by atoms with E-state index < -0.39 is 11.7 Å². The normalized spacial score (nSPS) is 10.8. The van der Waals surface area contributed by atoms with Crippen molar-refractivity contribution in [3.63, 3.8) is 0 Å². The lowest BCUT2D eigenvalue weighted by Crippen LogP contribution is -2.32. The number of aromatic nitrogens is 1. The quantitative estimate of drug-likeness (QED) is 0.859. The SMILES string of the molecule is C=C(N)c1ccc(CNC(=O)OC(C)(C)C)nc1. The first kappa shape index (κ1) is 14.0. The first-order valence-corrected chi connectivity index (χ1v) is 5.64. The Morgan fingerprint density at radius 1 is 1.50 bits per heavy atom. The fourth-order valence-electron chi connectivity index (χ4n) is 1.20. The highest BCUT2D eigenvalue weighted by atomic mass is 16.6. The maximum Gasteiger partial charge on any atom is 0.407 e. The highest BCUT2D eigenvalue weighted by molar-refractivity contribution is 5.67. The molecule has 1 amide bonds. The fraction of sp³-hybridized carbons (Fsp3) is 0.385. The van der Waals surface area contributed by atoms with Gasteiger partial charge in [0.15, 0.2) is 0 Å². The lowest BCUT2D eigenvalue weighted by atomic mass is 10.2. The van der Waals surface area contributed by atoms with E-state index >= 15 is 0 Å². The van der Waals surface area contributed by atoms with E-state index in [0.29, 0.717) is 12.2 Å². The minimum absolute atomic E-state index is 0.312. The van der Waals surface area contributed by atoms with Crippen LogP contribution in [0.15, 0.2) is 24.9 Å². The first-order chi connectivity index (χ1) is 8.28. The van der Waals surface area contributed by atoms with Gasteiger partial charge in [-0.05, 0) is 32.9 Å². The van der Waals surface area contributed by atoms with Gasteiger partial charge in [0.2, 0.25) is 0 Å². The number of amides is 1. The Hall–Kier alpha value is -2.04. The van der Waals surface area contributed by atoms with E-state index in [0.717, 1.165) is 11.3 Å². The van der Waals surface area contributed by atoms with Crippen LogP contribution in [0, 0.1) is 0 Å². The molecule has 98 valence electrons. The molecule has 1 heterocycles. The third-order valence-electron chi connectivity index (χ3n) is 2.01. The molecule has 0 aliphatic rings. The number of carbonyl (C=O) groups excluding carboxylic acids is 1. The third-order valence-corrected chi connectivity index (χ3v) is 2.01. The third kappa shape index (κ3) is 4.86. The van der Waals surface area contributed by atoms with Crippen LogP contribution < -0.4 is 11.1 Å². The number of rotatable bonds is 3. The van der Waals surface area contributed by atoms with E-state index in [1.807, 2.05) is 20.8 Å². The van der Waals surface area contributed by atoms with Crippen LogP contribution in [-0.4, -0.2) is 16.7 Å². The van der Waals surface area contributed by atoms with Gasteiger partial charge in [-0.2, -0.15) is 0 Å². The predicted octanol–water partition coefficient (Wildman–Crippen LogP) is 2.04. The molecule has 0 aromatic carbocycles. The lowest BCUT2D eigenvalue weighted by molar-refractivity contribution is 0.0523. The molecule has 1 aromatic heterocycles. The van der Waals surface area contributed by atoms with Crippen molar-refractivity contribution in [1.29, 1.82) is 0 Å². The molecule has 0 radical (unpaired) electrons. The smallest absolute Gasteiger partial charge is 0.407 e. The topological polar surface area (TPSA) is 77.2 Å². The van der Waals surface area contributed by atoms with Gasteiger partial charge in [-0.15, -0.1) is 0 Å². The number of hydrogen-bond donors (Lipinski definition) is 2. The number of ether oxygens (including phenoxy) is 1. The van der Waals surface area contributed by atoms with Gasteiger partial charge in [-0.3, -0.25) is 4.98 Å². The lowest BCUT2D eigenvalue weighted by Gasteiger charge is -2.19. The van der Waals surface area contributed by atoms with Crippen molar-refractivity contribution in [2.24, 2.45) is 5.73 Å². The van der Waals surface area contributed by atoms with E-state index in [1.165, 1.54) is 0 Å². The minimum atomic E-state index is -0.501. The Labute approximate surface area is 107 Å². The molecule has 1 rings (SSSR count). The molecule has 5 heteroatoms. The van der Waals surface area contributed by atoms with Gasteiger partial charge in [0.05, 0.1) is 12.2 Å². The molecule has 0 spiro atoms. The van der Waals surface area contributed by atoms with E-state index in [1.54, 1.807) is 18.3 Å². The van der Waals surface area contributed by atoms with Crippen molar-refractivity contribution < 1.29 is 9.53 Å². The molecular formula is C13H19N3O2. The van der Waals surface area contributed by atoms with Crippen molar-refractivity contribution >= 4 is 11.8 Å². The summed E-state index contributed by atoms with van der Waals surface area (Å²) >= 11 is 0. The second-order valence-corrected chi connectivity index (χ2v) is 4.92. The Bertz CT molecular complexity index is 433. The van der Waals surface area contributed by atoms with E-state index in [-0.39, 0.29) is 0 Å². The summed E-state index contributed by atoms with van der Waals surface area (Å²) in [7, 11) is 0. The average Bonchev–Trinajstić information content (AvgIpc) is 2.24. The number of nitrogens with one attached hydrogen (secondary N) is 1. The van der Waals surface area contributed by atoms with Crippen LogP contribution in [0.3, 0.4) is 0 Å². The van der Waals surface area contributed by atoms with E-state index in [2.05, 4.69) is 16.9 Å². The van der Waals surface area contributed by atoms with Gasteiger partial charge in [-0.25, -0.2) is 4.79 Å². The monoisotopic (exact) mass is 249 g/mol. The van der Waals surface area contributed by atoms with Gasteiger partial charge < -0.3 is 15.8 Å². The molecular weight excluding hydrogens is 230 g/mol. The fourth-order valence-corrected chi connectivity index (χ4v) is 1.20. The van der Waals surface area contributed by atoms with Crippen LogP contribution in [0.5, 0.6) is 0 Å². The number of nitrogens with two attached hydrogens (primary N) is 1. The van der Waals surface area contributed by atoms with Crippen LogP contribution in [-0.2, 0) is 11.3 Å². The summed E-state index contributed by atoms with van der Waals surface area (Å²) in [6.45, 7) is 9.37. The molecule has 0 aliphatic carbocycles. The predicted molar refractivity (Wildman–Crippen MR) is 70.5 cm³/mol. The number of alkyl carbamates (subject to hydrolysis) is 1. The Kier molecular flexibility index (Phi) is 4.31. The Morgan fingerprint density at radius 3 is 2.61 bits per heavy atom. The summed E-state index contributed by atoms with van der Waals surface area (Å²) in [6.07, 6.45) is 1.16. The number of carbonyl (C=O) groups is 1. The summed E-state index contributed by atoms with van der Waals surface area (Å²) in [5.41, 5.74) is 7.00. The summed E-state index contributed by atoms with van der Waals surface area (Å²) < 4.78 is 5.11. The highest BCUT2D eigenvalue weighted by Gasteiger charge is 2.15. The second-order valence-electron chi connectivity index (χ2n) is 4.92. The molecule has 0 fully saturated rings. The molecule has 0 saturated heterocycles. The van der Waals surface area contributed by atoms with Gasteiger partial charge in [0, 0.05) is 17.5 Å². The minimum Gasteiger partial charge on any atom is -0.444 e. The summed E-state index contributed by atoms with van der Waals surface area (Å²) in [5, 5.41) is 2.63. The molecule has 18 heavy (non-hydrogen) atoms. The molecule has 5 nitrogen and oxygen atoms in total. The average molecular weight is 249 g/mol. The van der Waals surface area contributed by atoms with Gasteiger partial charge in [0.25, 0.3) is 0 Å². The van der Waals surface area contributed by atoms with Crippen molar-refractivity contribution in [3.05, 3.63) is 36.2 Å². The highest BCUT2D eigenvalue weighted by Crippen LogP contribution is 2.08. The Morgan fingerprint density at radius 2 is 2.17 bits per heavy atom. The summed E-state index contributed by atoms with van der Waals surface area (Å²) in [5.74, 6) is 0. The maximum absolute atomic E-state index is 11.4. The number of nitrogens with zero attached hydrogens (tertiary/aromatic N) is 1. The number of hydrogen-bond acceptors (Lipinski definition) is 4. The first-order valence-electron chi connectivity index (χ1n) is 5.64. The maximum atomic E-state index is 11.4. The van der Waals surface area contributed by atoms with Gasteiger partial charge >= 0.3 is 6.09 Å². The zero-order valence-electron chi connectivity index (χ0n) is 11.0. The van der Waals surface area contributed by atoms with Crippen LogP contribution in [0.4, 0.5) is 4.79 Å². The van der Waals surface area contributed by atoms with Gasteiger partial charge in [-0.1, -0.05) is 6.58 Å². The largest absolute Gasteiger partial charge is 0.444 e. The molecule has 0 bridgehead atoms. The van der Waals surface area contributed by atoms with Crippen molar-refractivity contribution in [1.82, 2.24) is 10.3 Å². The van der Waals surface area contributed by atoms with Crippen LogP contribution >= 0.6 is 0 Å². The zero-order valence-corrected chi connectivity index (χ0v) is 11.0. The number of pyridine rings is 1. The van der Waals surface area contributed by atoms with Crippen LogP contribution in [0.25, 0.3) is 5.70 Å². The second kappa shape index (κ2) is 5.53. The van der Waals surface area contributed by atoms with Crippen LogP contribution in [0.1, 0.15) is 32.0 Å². The molecule has 3 N–H and O–H groups in total. The van der Waals surface area contributed by atoms with E-state index in [4.69, 9.17) is 10.5 Å². The van der Waals surface area contributed by atoms with E-state index in [9.17, 15) is 4.79 Å².